The highest BCUT2D eigenvalue weighted by atomic mass is 32.2. The van der Waals surface area contributed by atoms with E-state index in [4.69, 9.17) is 4.74 Å². The SMILES string of the molecule is CCOCCCNC(=O)c1ccc2c(c1)N(Cc1ccc(C)cc1)CCS2. The zero-order valence-corrected chi connectivity index (χ0v) is 17.0. The molecule has 1 aliphatic heterocycles. The van der Waals surface area contributed by atoms with Crippen molar-refractivity contribution >= 4 is 23.4 Å². The Kier molecular flexibility index (Phi) is 7.18. The van der Waals surface area contributed by atoms with Crippen molar-refractivity contribution in [2.75, 3.05) is 37.0 Å². The average molecular weight is 385 g/mol. The Bertz CT molecular complexity index is 761. The van der Waals surface area contributed by atoms with Crippen molar-refractivity contribution in [2.24, 2.45) is 0 Å². The first-order valence-electron chi connectivity index (χ1n) is 9.60. The number of anilines is 1. The van der Waals surface area contributed by atoms with Crippen LogP contribution in [-0.2, 0) is 11.3 Å². The zero-order valence-electron chi connectivity index (χ0n) is 16.2. The number of carbonyl (C=O) groups is 1. The van der Waals surface area contributed by atoms with Crippen LogP contribution in [0.1, 0.15) is 34.8 Å². The summed E-state index contributed by atoms with van der Waals surface area (Å²) in [5, 5.41) is 2.99. The monoisotopic (exact) mass is 384 g/mol. The quantitative estimate of drug-likeness (QED) is 0.691. The van der Waals surface area contributed by atoms with Crippen LogP contribution in [0.3, 0.4) is 0 Å². The van der Waals surface area contributed by atoms with Gasteiger partial charge >= 0.3 is 0 Å². The van der Waals surface area contributed by atoms with Crippen molar-refractivity contribution in [1.29, 1.82) is 0 Å². The highest BCUT2D eigenvalue weighted by Gasteiger charge is 2.19. The van der Waals surface area contributed by atoms with Crippen LogP contribution < -0.4 is 10.2 Å². The third-order valence-corrected chi connectivity index (χ3v) is 5.67. The molecule has 27 heavy (non-hydrogen) atoms. The largest absolute Gasteiger partial charge is 0.382 e. The summed E-state index contributed by atoms with van der Waals surface area (Å²) < 4.78 is 5.31. The molecule has 4 nitrogen and oxygen atoms in total. The summed E-state index contributed by atoms with van der Waals surface area (Å²) in [4.78, 5) is 16.1. The maximum Gasteiger partial charge on any atom is 0.251 e. The van der Waals surface area contributed by atoms with Gasteiger partial charge in [-0.1, -0.05) is 29.8 Å². The molecule has 144 valence electrons. The standard InChI is InChI=1S/C22H28N2O2S/c1-3-26-13-4-11-23-22(25)19-9-10-21-20(15-19)24(12-14-27-21)16-18-7-5-17(2)6-8-18/h5-10,15H,3-4,11-14,16H2,1-2H3,(H,23,25). The van der Waals surface area contributed by atoms with E-state index in [0.717, 1.165) is 36.5 Å². The van der Waals surface area contributed by atoms with Crippen molar-refractivity contribution in [3.8, 4) is 0 Å². The van der Waals surface area contributed by atoms with Crippen LogP contribution in [0.5, 0.6) is 0 Å². The smallest absolute Gasteiger partial charge is 0.251 e. The number of nitrogens with one attached hydrogen (secondary N) is 1. The van der Waals surface area contributed by atoms with Gasteiger partial charge < -0.3 is 15.0 Å². The molecule has 0 atom stereocenters. The molecule has 3 rings (SSSR count). The van der Waals surface area contributed by atoms with Gasteiger partial charge in [-0.25, -0.2) is 0 Å². The Morgan fingerprint density at radius 3 is 2.81 bits per heavy atom. The molecule has 2 aromatic rings. The molecule has 0 radical (unpaired) electrons. The summed E-state index contributed by atoms with van der Waals surface area (Å²) in [5.74, 6) is 1.06. The maximum atomic E-state index is 12.5. The Hall–Kier alpha value is -1.98. The Labute approximate surface area is 166 Å². The van der Waals surface area contributed by atoms with Crippen molar-refractivity contribution in [3.63, 3.8) is 0 Å². The molecule has 0 spiro atoms. The summed E-state index contributed by atoms with van der Waals surface area (Å²) in [7, 11) is 0. The van der Waals surface area contributed by atoms with Crippen LogP contribution in [0.4, 0.5) is 5.69 Å². The summed E-state index contributed by atoms with van der Waals surface area (Å²) in [5.41, 5.74) is 4.45. The fourth-order valence-corrected chi connectivity index (χ4v) is 4.15. The normalized spacial score (nSPS) is 13.3. The summed E-state index contributed by atoms with van der Waals surface area (Å²) in [6.07, 6.45) is 0.833. The van der Waals surface area contributed by atoms with E-state index in [9.17, 15) is 4.79 Å². The maximum absolute atomic E-state index is 12.5. The minimum Gasteiger partial charge on any atom is -0.382 e. The van der Waals surface area contributed by atoms with Gasteiger partial charge in [-0.05, 0) is 44.0 Å². The number of amides is 1. The number of aryl methyl sites for hydroxylation is 1. The van der Waals surface area contributed by atoms with Crippen LogP contribution in [0.2, 0.25) is 0 Å². The van der Waals surface area contributed by atoms with E-state index in [1.54, 1.807) is 0 Å². The molecular weight excluding hydrogens is 356 g/mol. The van der Waals surface area contributed by atoms with E-state index >= 15 is 0 Å². The number of fused-ring (bicyclic) bond motifs is 1. The minimum absolute atomic E-state index is 0.0137. The second-order valence-electron chi connectivity index (χ2n) is 6.74. The fraction of sp³-hybridized carbons (Fsp3) is 0.409. The Balaban J connectivity index is 1.67. The molecule has 5 heteroatoms. The first-order chi connectivity index (χ1) is 13.2. The summed E-state index contributed by atoms with van der Waals surface area (Å²) >= 11 is 1.86. The van der Waals surface area contributed by atoms with Gasteiger partial charge in [0.05, 0.1) is 5.69 Å². The molecule has 0 fully saturated rings. The number of carbonyl (C=O) groups excluding carboxylic acids is 1. The predicted molar refractivity (Wildman–Crippen MR) is 113 cm³/mol. The summed E-state index contributed by atoms with van der Waals surface area (Å²) in [6.45, 7) is 7.98. The molecule has 0 bridgehead atoms. The van der Waals surface area contributed by atoms with E-state index in [1.165, 1.54) is 16.0 Å². The van der Waals surface area contributed by atoms with Crippen molar-refractivity contribution in [3.05, 3.63) is 59.2 Å². The number of hydrogen-bond acceptors (Lipinski definition) is 4. The second-order valence-corrected chi connectivity index (χ2v) is 7.88. The van der Waals surface area contributed by atoms with Crippen LogP contribution in [0, 0.1) is 6.92 Å². The molecule has 0 saturated heterocycles. The van der Waals surface area contributed by atoms with Gasteiger partial charge in [0, 0.05) is 49.1 Å². The van der Waals surface area contributed by atoms with Crippen molar-refractivity contribution < 1.29 is 9.53 Å². The van der Waals surface area contributed by atoms with Crippen molar-refractivity contribution in [1.82, 2.24) is 5.32 Å². The molecule has 2 aromatic carbocycles. The lowest BCUT2D eigenvalue weighted by Gasteiger charge is -2.31. The zero-order chi connectivity index (χ0) is 19.1. The number of ether oxygens (including phenoxy) is 1. The van der Waals surface area contributed by atoms with Gasteiger partial charge in [0.1, 0.15) is 0 Å². The molecule has 1 N–H and O–H groups in total. The fourth-order valence-electron chi connectivity index (χ4n) is 3.11. The van der Waals surface area contributed by atoms with Gasteiger partial charge in [-0.15, -0.1) is 11.8 Å². The molecule has 1 aliphatic rings. The number of nitrogens with zero attached hydrogens (tertiary/aromatic N) is 1. The van der Waals surface area contributed by atoms with Gasteiger partial charge in [0.2, 0.25) is 0 Å². The topological polar surface area (TPSA) is 41.6 Å². The number of benzene rings is 2. The molecule has 0 saturated carbocycles. The van der Waals surface area contributed by atoms with Crippen molar-refractivity contribution in [2.45, 2.75) is 31.7 Å². The van der Waals surface area contributed by atoms with Crippen LogP contribution in [0.25, 0.3) is 0 Å². The highest BCUT2D eigenvalue weighted by Crippen LogP contribution is 2.36. The number of rotatable bonds is 8. The second kappa shape index (κ2) is 9.81. The predicted octanol–water partition coefficient (Wildman–Crippen LogP) is 4.26. The van der Waals surface area contributed by atoms with Crippen LogP contribution >= 0.6 is 11.8 Å². The molecule has 0 unspecified atom stereocenters. The minimum atomic E-state index is -0.0137. The molecule has 1 amide bonds. The molecule has 0 aromatic heterocycles. The lowest BCUT2D eigenvalue weighted by atomic mass is 10.1. The number of thioether (sulfide) groups is 1. The first-order valence-corrected chi connectivity index (χ1v) is 10.6. The third kappa shape index (κ3) is 5.50. The van der Waals surface area contributed by atoms with Gasteiger partial charge in [0.25, 0.3) is 5.91 Å². The van der Waals surface area contributed by atoms with Gasteiger partial charge in [0.15, 0.2) is 0 Å². The van der Waals surface area contributed by atoms with E-state index in [1.807, 2.05) is 30.8 Å². The Morgan fingerprint density at radius 1 is 1.22 bits per heavy atom. The molecular formula is C22H28N2O2S. The lowest BCUT2D eigenvalue weighted by molar-refractivity contribution is 0.0944. The number of hydrogen-bond donors (Lipinski definition) is 1. The lowest BCUT2D eigenvalue weighted by Crippen LogP contribution is -2.30. The molecule has 0 aliphatic carbocycles. The highest BCUT2D eigenvalue weighted by molar-refractivity contribution is 7.99. The Morgan fingerprint density at radius 2 is 2.04 bits per heavy atom. The van der Waals surface area contributed by atoms with E-state index in [0.29, 0.717) is 19.8 Å². The van der Waals surface area contributed by atoms with Crippen LogP contribution in [0.15, 0.2) is 47.4 Å². The van der Waals surface area contributed by atoms with E-state index < -0.39 is 0 Å². The van der Waals surface area contributed by atoms with Gasteiger partial charge in [-0.3, -0.25) is 4.79 Å². The third-order valence-electron chi connectivity index (χ3n) is 4.63. The van der Waals surface area contributed by atoms with Crippen LogP contribution in [-0.4, -0.2) is 38.0 Å². The first kappa shape index (κ1) is 19.8. The summed E-state index contributed by atoms with van der Waals surface area (Å²) in [6, 6.07) is 14.7. The van der Waals surface area contributed by atoms with Gasteiger partial charge in [-0.2, -0.15) is 0 Å². The van der Waals surface area contributed by atoms with E-state index in [-0.39, 0.29) is 5.91 Å². The van der Waals surface area contributed by atoms with E-state index in [2.05, 4.69) is 47.5 Å². The molecule has 1 heterocycles. The average Bonchev–Trinajstić information content (AvgIpc) is 2.69.